The molecule has 0 bridgehead atoms. The molecule has 0 aliphatic heterocycles. The maximum absolute atomic E-state index is 12.3. The van der Waals surface area contributed by atoms with Gasteiger partial charge in [0.2, 0.25) is 0 Å². The van der Waals surface area contributed by atoms with Gasteiger partial charge in [0.15, 0.2) is 0 Å². The lowest BCUT2D eigenvalue weighted by Gasteiger charge is -2.13. The number of halogens is 3. The van der Waals surface area contributed by atoms with Crippen molar-refractivity contribution in [3.8, 4) is 5.75 Å². The number of aliphatic carboxylic acids is 1. The molecule has 2 aromatic rings. The van der Waals surface area contributed by atoms with E-state index >= 15 is 0 Å². The Hall–Kier alpha value is -3.29. The Morgan fingerprint density at radius 3 is 2.16 bits per heavy atom. The van der Waals surface area contributed by atoms with E-state index in [0.29, 0.717) is 24.8 Å². The number of carbonyl (C=O) groups is 2. The van der Waals surface area contributed by atoms with Gasteiger partial charge in [0.1, 0.15) is 5.75 Å². The summed E-state index contributed by atoms with van der Waals surface area (Å²) in [6.45, 7) is 0. The summed E-state index contributed by atoms with van der Waals surface area (Å²) in [5, 5.41) is 17.8. The highest BCUT2D eigenvalue weighted by molar-refractivity contribution is 5.87. The van der Waals surface area contributed by atoms with E-state index in [1.165, 1.54) is 36.4 Å². The zero-order chi connectivity index (χ0) is 22.9. The van der Waals surface area contributed by atoms with Gasteiger partial charge in [0, 0.05) is 6.42 Å². The van der Waals surface area contributed by atoms with Crippen molar-refractivity contribution in [3.05, 3.63) is 71.3 Å². The smallest absolute Gasteiger partial charge is 0.481 e. The van der Waals surface area contributed by atoms with E-state index in [-0.39, 0.29) is 23.7 Å². The largest absolute Gasteiger partial charge is 0.573 e. The first-order valence-electron chi connectivity index (χ1n) is 9.70. The Morgan fingerprint density at radius 2 is 1.61 bits per heavy atom. The van der Waals surface area contributed by atoms with E-state index in [0.717, 1.165) is 12.0 Å². The molecular formula is C23H23F3O5. The predicted octanol–water partition coefficient (Wildman–Crippen LogP) is 5.80. The highest BCUT2D eigenvalue weighted by Gasteiger charge is 2.30. The first kappa shape index (κ1) is 24.0. The topological polar surface area (TPSA) is 83.8 Å². The van der Waals surface area contributed by atoms with Crippen LogP contribution in [0.15, 0.2) is 54.6 Å². The van der Waals surface area contributed by atoms with Crippen LogP contribution in [-0.4, -0.2) is 28.5 Å². The summed E-state index contributed by atoms with van der Waals surface area (Å²) in [5.74, 6) is -2.10. The highest BCUT2D eigenvalue weighted by Crippen LogP contribution is 2.24. The van der Waals surface area contributed by atoms with Crippen molar-refractivity contribution in [2.24, 2.45) is 5.92 Å². The van der Waals surface area contributed by atoms with Crippen LogP contribution >= 0.6 is 0 Å². The number of unbranched alkanes of at least 4 members (excludes halogenated alkanes) is 1. The SMILES string of the molecule is O=C(O)CCCCC(/C=C/c1ccc(OC(F)(F)F)cc1)Cc1ccc(C(=O)O)cc1. The molecule has 0 spiro atoms. The van der Waals surface area contributed by atoms with Crippen LogP contribution in [0.3, 0.4) is 0 Å². The minimum absolute atomic E-state index is 0.0515. The summed E-state index contributed by atoms with van der Waals surface area (Å²) in [6, 6.07) is 12.0. The average Bonchev–Trinajstić information content (AvgIpc) is 2.69. The summed E-state index contributed by atoms with van der Waals surface area (Å²) < 4.78 is 40.7. The second-order valence-electron chi connectivity index (χ2n) is 7.08. The zero-order valence-electron chi connectivity index (χ0n) is 16.6. The summed E-state index contributed by atoms with van der Waals surface area (Å²) in [4.78, 5) is 21.7. The van der Waals surface area contributed by atoms with Crippen molar-refractivity contribution in [3.63, 3.8) is 0 Å². The fourth-order valence-electron chi connectivity index (χ4n) is 3.06. The van der Waals surface area contributed by atoms with Gasteiger partial charge in [0.05, 0.1) is 5.56 Å². The number of rotatable bonds is 11. The van der Waals surface area contributed by atoms with E-state index in [2.05, 4.69) is 4.74 Å². The fraction of sp³-hybridized carbons (Fsp3) is 0.304. The van der Waals surface area contributed by atoms with Crippen LogP contribution in [0, 0.1) is 5.92 Å². The van der Waals surface area contributed by atoms with Gasteiger partial charge in [0.25, 0.3) is 0 Å². The number of aromatic carboxylic acids is 1. The van der Waals surface area contributed by atoms with E-state index in [9.17, 15) is 22.8 Å². The Bertz CT molecular complexity index is 887. The van der Waals surface area contributed by atoms with Crippen LogP contribution in [-0.2, 0) is 11.2 Å². The van der Waals surface area contributed by atoms with Gasteiger partial charge in [-0.25, -0.2) is 4.79 Å². The van der Waals surface area contributed by atoms with Crippen molar-refractivity contribution >= 4 is 18.0 Å². The van der Waals surface area contributed by atoms with Gasteiger partial charge < -0.3 is 14.9 Å². The molecule has 2 N–H and O–H groups in total. The normalized spacial score (nSPS) is 12.6. The van der Waals surface area contributed by atoms with E-state index in [1.54, 1.807) is 18.2 Å². The third-order valence-electron chi connectivity index (χ3n) is 4.59. The molecule has 0 radical (unpaired) electrons. The Labute approximate surface area is 177 Å². The summed E-state index contributed by atoms with van der Waals surface area (Å²) in [7, 11) is 0. The lowest BCUT2D eigenvalue weighted by atomic mass is 9.92. The predicted molar refractivity (Wildman–Crippen MR) is 109 cm³/mol. The van der Waals surface area contributed by atoms with E-state index in [4.69, 9.17) is 10.2 Å². The van der Waals surface area contributed by atoms with Crippen LogP contribution in [0.4, 0.5) is 13.2 Å². The number of allylic oxidation sites excluding steroid dienone is 1. The molecule has 166 valence electrons. The number of ether oxygens (including phenoxy) is 1. The summed E-state index contributed by atoms with van der Waals surface area (Å²) >= 11 is 0. The molecule has 0 fully saturated rings. The van der Waals surface area contributed by atoms with Crippen molar-refractivity contribution in [1.29, 1.82) is 0 Å². The molecule has 0 aliphatic rings. The van der Waals surface area contributed by atoms with Gasteiger partial charge in [-0.1, -0.05) is 42.8 Å². The maximum Gasteiger partial charge on any atom is 0.573 e. The Morgan fingerprint density at radius 1 is 0.968 bits per heavy atom. The molecule has 1 atom stereocenters. The summed E-state index contributed by atoms with van der Waals surface area (Å²) in [5.41, 5.74) is 1.83. The zero-order valence-corrected chi connectivity index (χ0v) is 16.6. The van der Waals surface area contributed by atoms with E-state index in [1.807, 2.05) is 6.08 Å². The molecule has 0 aromatic heterocycles. The molecule has 0 amide bonds. The van der Waals surface area contributed by atoms with Crippen molar-refractivity contribution in [2.75, 3.05) is 0 Å². The monoisotopic (exact) mass is 436 g/mol. The van der Waals surface area contributed by atoms with Crippen molar-refractivity contribution < 1.29 is 37.7 Å². The Kier molecular flexibility index (Phi) is 8.66. The molecule has 0 heterocycles. The molecule has 2 aromatic carbocycles. The first-order chi connectivity index (χ1) is 14.6. The third-order valence-corrected chi connectivity index (χ3v) is 4.59. The number of benzene rings is 2. The number of hydrogen-bond acceptors (Lipinski definition) is 3. The molecule has 2 rings (SSSR count). The molecular weight excluding hydrogens is 413 g/mol. The van der Waals surface area contributed by atoms with Crippen LogP contribution in [0.5, 0.6) is 5.75 Å². The van der Waals surface area contributed by atoms with Gasteiger partial charge in [-0.15, -0.1) is 13.2 Å². The third kappa shape index (κ3) is 9.37. The van der Waals surface area contributed by atoms with Gasteiger partial charge >= 0.3 is 18.3 Å². The van der Waals surface area contributed by atoms with Crippen molar-refractivity contribution in [1.82, 2.24) is 0 Å². The second-order valence-corrected chi connectivity index (χ2v) is 7.08. The average molecular weight is 436 g/mol. The molecule has 1 unspecified atom stereocenters. The lowest BCUT2D eigenvalue weighted by Crippen LogP contribution is -2.16. The van der Waals surface area contributed by atoms with Crippen molar-refractivity contribution in [2.45, 2.75) is 38.5 Å². The van der Waals surface area contributed by atoms with E-state index < -0.39 is 18.3 Å². The molecule has 0 saturated heterocycles. The lowest BCUT2D eigenvalue weighted by molar-refractivity contribution is -0.274. The van der Waals surface area contributed by atoms with Crippen LogP contribution in [0.25, 0.3) is 6.08 Å². The number of alkyl halides is 3. The molecule has 5 nitrogen and oxygen atoms in total. The fourth-order valence-corrected chi connectivity index (χ4v) is 3.06. The van der Waals surface area contributed by atoms with Gasteiger partial charge in [-0.2, -0.15) is 0 Å². The molecule has 31 heavy (non-hydrogen) atoms. The number of carboxylic acid groups (broad SMARTS) is 2. The van der Waals surface area contributed by atoms with Crippen LogP contribution in [0.2, 0.25) is 0 Å². The quantitative estimate of drug-likeness (QED) is 0.435. The maximum atomic E-state index is 12.3. The minimum atomic E-state index is -4.74. The van der Waals surface area contributed by atoms with Gasteiger partial charge in [-0.05, 0) is 60.6 Å². The Balaban J connectivity index is 2.06. The standard InChI is InChI=1S/C23H23F3O5/c24-23(25,26)31-20-13-9-16(10-14-20)5-6-17(3-1-2-4-21(27)28)15-18-7-11-19(12-8-18)22(29)30/h5-14,17H,1-4,15H2,(H,27,28)(H,29,30)/b6-5+. The van der Waals surface area contributed by atoms with Gasteiger partial charge in [-0.3, -0.25) is 4.79 Å². The van der Waals surface area contributed by atoms with Crippen LogP contribution < -0.4 is 4.74 Å². The van der Waals surface area contributed by atoms with Crippen LogP contribution in [0.1, 0.15) is 47.2 Å². The number of hydrogen-bond donors (Lipinski definition) is 2. The molecule has 0 saturated carbocycles. The molecule has 8 heteroatoms. The second kappa shape index (κ2) is 11.2. The highest BCUT2D eigenvalue weighted by atomic mass is 19.4. The minimum Gasteiger partial charge on any atom is -0.481 e. The summed E-state index contributed by atoms with van der Waals surface area (Å²) in [6.07, 6.45) is 1.67. The molecule has 0 aliphatic carbocycles. The first-order valence-corrected chi connectivity index (χ1v) is 9.70. The number of carboxylic acids is 2.